The normalized spacial score (nSPS) is 21.4. The van der Waals surface area contributed by atoms with Crippen LogP contribution in [0.25, 0.3) is 0 Å². The fraction of sp³-hybridized carbons (Fsp3) is 0.571. The zero-order chi connectivity index (χ0) is 26.2. The molecule has 2 fully saturated rings. The van der Waals surface area contributed by atoms with Gasteiger partial charge in [0.2, 0.25) is 5.91 Å². The van der Waals surface area contributed by atoms with Gasteiger partial charge in [0, 0.05) is 24.9 Å². The number of amides is 2. The Hall–Kier alpha value is -2.72. The Morgan fingerprint density at radius 3 is 2.51 bits per heavy atom. The van der Waals surface area contributed by atoms with Crippen molar-refractivity contribution < 1.29 is 40.7 Å². The lowest BCUT2D eigenvalue weighted by Gasteiger charge is -2.26. The SMILES string of the molecule is CC(C)C(=O)N1C[C@H](S(=O)(=O)c2ccc(OCC(F)(F)F)cc2Cl)C[C@@H]1OC(=O)NC1(C#N)CC1. The number of hydrogen-bond donors (Lipinski definition) is 1. The molecule has 0 radical (unpaired) electrons. The first kappa shape index (κ1) is 26.9. The number of alkyl halides is 3. The van der Waals surface area contributed by atoms with Gasteiger partial charge >= 0.3 is 12.3 Å². The van der Waals surface area contributed by atoms with Crippen molar-refractivity contribution in [2.75, 3.05) is 13.2 Å². The molecule has 1 saturated carbocycles. The Morgan fingerprint density at radius 1 is 1.34 bits per heavy atom. The number of nitrogens with zero attached hydrogens (tertiary/aromatic N) is 2. The summed E-state index contributed by atoms with van der Waals surface area (Å²) in [7, 11) is -4.19. The zero-order valence-electron chi connectivity index (χ0n) is 18.8. The first-order valence-electron chi connectivity index (χ1n) is 10.6. The van der Waals surface area contributed by atoms with Crippen molar-refractivity contribution in [3.8, 4) is 11.8 Å². The monoisotopic (exact) mass is 537 g/mol. The van der Waals surface area contributed by atoms with Gasteiger partial charge in [-0.2, -0.15) is 18.4 Å². The molecule has 2 aliphatic rings. The highest BCUT2D eigenvalue weighted by Gasteiger charge is 2.48. The van der Waals surface area contributed by atoms with Crippen LogP contribution in [-0.4, -0.2) is 61.7 Å². The van der Waals surface area contributed by atoms with Crippen molar-refractivity contribution >= 4 is 33.4 Å². The summed E-state index contributed by atoms with van der Waals surface area (Å²) in [5.41, 5.74) is -1.02. The zero-order valence-corrected chi connectivity index (χ0v) is 20.3. The lowest BCUT2D eigenvalue weighted by Crippen LogP contribution is -2.44. The number of hydrogen-bond acceptors (Lipinski definition) is 7. The van der Waals surface area contributed by atoms with Gasteiger partial charge in [0.15, 0.2) is 22.7 Å². The number of rotatable bonds is 7. The quantitative estimate of drug-likeness (QED) is 0.565. The molecule has 192 valence electrons. The maximum absolute atomic E-state index is 13.3. The molecular weight excluding hydrogens is 515 g/mol. The summed E-state index contributed by atoms with van der Waals surface area (Å²) in [6.07, 6.45) is -6.07. The molecule has 0 bridgehead atoms. The van der Waals surface area contributed by atoms with E-state index in [9.17, 15) is 31.2 Å². The fourth-order valence-corrected chi connectivity index (χ4v) is 5.76. The highest BCUT2D eigenvalue weighted by molar-refractivity contribution is 7.92. The molecule has 1 aliphatic heterocycles. The molecule has 3 rings (SSSR count). The van der Waals surface area contributed by atoms with Gasteiger partial charge < -0.3 is 19.7 Å². The van der Waals surface area contributed by atoms with E-state index in [0.717, 1.165) is 23.1 Å². The number of benzene rings is 1. The average Bonchev–Trinajstić information content (AvgIpc) is 3.40. The number of sulfone groups is 1. The van der Waals surface area contributed by atoms with Crippen LogP contribution in [0.2, 0.25) is 5.02 Å². The van der Waals surface area contributed by atoms with Crippen molar-refractivity contribution in [1.29, 1.82) is 5.26 Å². The van der Waals surface area contributed by atoms with Crippen LogP contribution in [-0.2, 0) is 19.4 Å². The summed E-state index contributed by atoms with van der Waals surface area (Å²) in [6.45, 7) is 1.35. The van der Waals surface area contributed by atoms with E-state index in [-0.39, 0.29) is 28.6 Å². The summed E-state index contributed by atoms with van der Waals surface area (Å²) in [5.74, 6) is -1.23. The molecule has 14 heteroatoms. The van der Waals surface area contributed by atoms with Gasteiger partial charge in [0.1, 0.15) is 11.3 Å². The first-order chi connectivity index (χ1) is 16.2. The summed E-state index contributed by atoms with van der Waals surface area (Å²) in [5, 5.41) is 10.0. The van der Waals surface area contributed by atoms with E-state index in [0.29, 0.717) is 12.8 Å². The van der Waals surface area contributed by atoms with E-state index in [1.54, 1.807) is 13.8 Å². The van der Waals surface area contributed by atoms with Gasteiger partial charge in [-0.3, -0.25) is 4.79 Å². The molecule has 1 heterocycles. The van der Waals surface area contributed by atoms with Gasteiger partial charge in [-0.1, -0.05) is 25.4 Å². The van der Waals surface area contributed by atoms with Crippen LogP contribution in [0.15, 0.2) is 23.1 Å². The number of ether oxygens (including phenoxy) is 2. The van der Waals surface area contributed by atoms with Gasteiger partial charge in [-0.25, -0.2) is 13.2 Å². The van der Waals surface area contributed by atoms with Crippen LogP contribution in [0.1, 0.15) is 33.1 Å². The van der Waals surface area contributed by atoms with E-state index < -0.39 is 57.6 Å². The highest BCUT2D eigenvalue weighted by Crippen LogP contribution is 2.36. The third-order valence-electron chi connectivity index (χ3n) is 5.59. The van der Waals surface area contributed by atoms with Crippen molar-refractivity contribution in [1.82, 2.24) is 10.2 Å². The number of halogens is 4. The molecule has 0 spiro atoms. The number of nitriles is 1. The minimum absolute atomic E-state index is 0.254. The maximum atomic E-state index is 13.3. The summed E-state index contributed by atoms with van der Waals surface area (Å²) >= 11 is 6.06. The largest absolute Gasteiger partial charge is 0.484 e. The Morgan fingerprint density at radius 2 is 2.00 bits per heavy atom. The smallest absolute Gasteiger partial charge is 0.422 e. The molecule has 1 aromatic carbocycles. The van der Waals surface area contributed by atoms with Crippen molar-refractivity contribution in [3.05, 3.63) is 23.2 Å². The molecule has 0 unspecified atom stereocenters. The van der Waals surface area contributed by atoms with Crippen molar-refractivity contribution in [2.45, 2.75) is 61.2 Å². The first-order valence-corrected chi connectivity index (χ1v) is 12.5. The van der Waals surface area contributed by atoms with Gasteiger partial charge in [0.25, 0.3) is 0 Å². The standard InChI is InChI=1S/C21H23ClF3N3O6S/c1-12(2)18(29)28-9-14(8-17(28)34-19(30)27-20(10-26)5-6-20)35(31,32)16-4-3-13(7-15(16)22)33-11-21(23,24)25/h3-4,7,12,14,17H,5-6,8-9,11H2,1-2H3,(H,27,30)/t14-,17+/m1/s1. The molecule has 1 N–H and O–H groups in total. The molecular formula is C21H23ClF3N3O6S. The second-order valence-electron chi connectivity index (χ2n) is 8.72. The third kappa shape index (κ3) is 6.29. The molecule has 1 saturated heterocycles. The second kappa shape index (κ2) is 9.73. The molecule has 1 aliphatic carbocycles. The van der Waals surface area contributed by atoms with Gasteiger partial charge in [-0.15, -0.1) is 0 Å². The van der Waals surface area contributed by atoms with Crippen LogP contribution in [0.3, 0.4) is 0 Å². The third-order valence-corrected chi connectivity index (χ3v) is 8.20. The second-order valence-corrected chi connectivity index (χ2v) is 11.3. The van der Waals surface area contributed by atoms with E-state index in [1.165, 1.54) is 0 Å². The number of nitrogens with one attached hydrogen (secondary N) is 1. The minimum Gasteiger partial charge on any atom is -0.484 e. The molecule has 2 atom stereocenters. The van der Waals surface area contributed by atoms with Gasteiger partial charge in [0.05, 0.1) is 21.2 Å². The summed E-state index contributed by atoms with van der Waals surface area (Å²) < 4.78 is 73.6. The predicted octanol–water partition coefficient (Wildman–Crippen LogP) is 3.42. The number of alkyl carbamates (subject to hydrolysis) is 1. The summed E-state index contributed by atoms with van der Waals surface area (Å²) in [6, 6.07) is 5.01. The van der Waals surface area contributed by atoms with E-state index in [1.807, 2.05) is 6.07 Å². The Kier molecular flexibility index (Phi) is 7.48. The Labute approximate surface area is 205 Å². The van der Waals surface area contributed by atoms with E-state index in [2.05, 4.69) is 10.1 Å². The molecule has 9 nitrogen and oxygen atoms in total. The maximum Gasteiger partial charge on any atom is 0.422 e. The molecule has 0 aromatic heterocycles. The average molecular weight is 538 g/mol. The van der Waals surface area contributed by atoms with Crippen LogP contribution < -0.4 is 10.1 Å². The molecule has 35 heavy (non-hydrogen) atoms. The summed E-state index contributed by atoms with van der Waals surface area (Å²) in [4.78, 5) is 25.8. The lowest BCUT2D eigenvalue weighted by molar-refractivity contribution is -0.153. The van der Waals surface area contributed by atoms with Crippen LogP contribution in [0, 0.1) is 17.2 Å². The van der Waals surface area contributed by atoms with Crippen LogP contribution in [0.5, 0.6) is 5.75 Å². The number of carbonyl (C=O) groups is 2. The van der Waals surface area contributed by atoms with Crippen LogP contribution in [0.4, 0.5) is 18.0 Å². The topological polar surface area (TPSA) is 126 Å². The van der Waals surface area contributed by atoms with Crippen LogP contribution >= 0.6 is 11.6 Å². The fourth-order valence-electron chi connectivity index (χ4n) is 3.55. The van der Waals surface area contributed by atoms with Crippen molar-refractivity contribution in [3.63, 3.8) is 0 Å². The lowest BCUT2D eigenvalue weighted by atomic mass is 10.2. The molecule has 1 aromatic rings. The predicted molar refractivity (Wildman–Crippen MR) is 116 cm³/mol. The number of carbonyl (C=O) groups excluding carboxylic acids is 2. The Balaban J connectivity index is 1.79. The van der Waals surface area contributed by atoms with Gasteiger partial charge in [-0.05, 0) is 25.0 Å². The van der Waals surface area contributed by atoms with E-state index >= 15 is 0 Å². The Bertz CT molecular complexity index is 1150. The number of likely N-dealkylation sites (tertiary alicyclic amines) is 1. The minimum atomic E-state index is -4.58. The van der Waals surface area contributed by atoms with Crippen molar-refractivity contribution in [2.24, 2.45) is 5.92 Å². The molecule has 2 amide bonds. The highest BCUT2D eigenvalue weighted by atomic mass is 35.5. The van der Waals surface area contributed by atoms with E-state index in [4.69, 9.17) is 21.6 Å².